The van der Waals surface area contributed by atoms with Crippen LogP contribution in [0.4, 0.5) is 0 Å². The molecule has 8 heteroatoms. The molecule has 1 N–H and O–H groups in total. The van der Waals surface area contributed by atoms with E-state index in [0.717, 1.165) is 47.6 Å². The minimum atomic E-state index is 0.0628. The van der Waals surface area contributed by atoms with Crippen LogP contribution in [0.15, 0.2) is 36.4 Å². The summed E-state index contributed by atoms with van der Waals surface area (Å²) < 4.78 is 2.03. The van der Waals surface area contributed by atoms with Gasteiger partial charge < -0.3 is 5.32 Å². The summed E-state index contributed by atoms with van der Waals surface area (Å²) in [5, 5.41) is 10.6. The molecule has 7 nitrogen and oxygen atoms in total. The molecule has 3 aromatic heterocycles. The van der Waals surface area contributed by atoms with Gasteiger partial charge in [0, 0.05) is 35.6 Å². The summed E-state index contributed by atoms with van der Waals surface area (Å²) in [6.45, 7) is 1.96. The van der Waals surface area contributed by atoms with E-state index in [9.17, 15) is 4.79 Å². The molecule has 0 saturated heterocycles. The maximum absolute atomic E-state index is 12.2. The number of rotatable bonds is 5. The maximum atomic E-state index is 12.2. The number of nitrogens with zero attached hydrogens (tertiary/aromatic N) is 5. The molecule has 0 radical (unpaired) electrons. The Kier molecular flexibility index (Phi) is 5.24. The first kappa shape index (κ1) is 17.8. The summed E-state index contributed by atoms with van der Waals surface area (Å²) in [6.07, 6.45) is 13.3. The standard InChI is InChI=1S/C19H22N6OS/c1-13-23-16(12-27-13)8-19(26)24-15-2-4-17(5-3-15)25-11-14(9-22-25)18-10-20-6-7-21-18/h6-7,9-12,15,17H,2-5,8H2,1H3,(H,24,26). The van der Waals surface area contributed by atoms with E-state index in [2.05, 4.69) is 25.4 Å². The number of hydrogen-bond donors (Lipinski definition) is 1. The molecular formula is C19H22N6OS. The average Bonchev–Trinajstić information content (AvgIpc) is 3.32. The van der Waals surface area contributed by atoms with E-state index in [-0.39, 0.29) is 11.9 Å². The van der Waals surface area contributed by atoms with Crippen LogP contribution in [0.2, 0.25) is 0 Å². The van der Waals surface area contributed by atoms with Crippen LogP contribution < -0.4 is 5.32 Å². The largest absolute Gasteiger partial charge is 0.353 e. The lowest BCUT2D eigenvalue weighted by atomic mass is 9.91. The van der Waals surface area contributed by atoms with Crippen molar-refractivity contribution in [3.63, 3.8) is 0 Å². The lowest BCUT2D eigenvalue weighted by Gasteiger charge is -2.29. The number of amides is 1. The number of carbonyl (C=O) groups excluding carboxylic acids is 1. The van der Waals surface area contributed by atoms with Gasteiger partial charge in [0.15, 0.2) is 0 Å². The van der Waals surface area contributed by atoms with Gasteiger partial charge in [-0.2, -0.15) is 5.10 Å². The van der Waals surface area contributed by atoms with Gasteiger partial charge in [0.2, 0.25) is 5.91 Å². The molecule has 0 unspecified atom stereocenters. The van der Waals surface area contributed by atoms with Gasteiger partial charge in [-0.1, -0.05) is 0 Å². The van der Waals surface area contributed by atoms with Crippen molar-refractivity contribution in [2.24, 2.45) is 0 Å². The second-order valence-corrected chi connectivity index (χ2v) is 7.97. The minimum Gasteiger partial charge on any atom is -0.353 e. The van der Waals surface area contributed by atoms with Crippen molar-refractivity contribution in [3.05, 3.63) is 47.1 Å². The molecule has 0 bridgehead atoms. The Hall–Kier alpha value is -2.61. The van der Waals surface area contributed by atoms with Crippen LogP contribution in [0.25, 0.3) is 11.3 Å². The van der Waals surface area contributed by atoms with Gasteiger partial charge in [0.1, 0.15) is 0 Å². The summed E-state index contributed by atoms with van der Waals surface area (Å²) in [7, 11) is 0. The van der Waals surface area contributed by atoms with E-state index in [4.69, 9.17) is 0 Å². The minimum absolute atomic E-state index is 0.0628. The molecule has 0 spiro atoms. The number of nitrogens with one attached hydrogen (secondary N) is 1. The number of hydrogen-bond acceptors (Lipinski definition) is 6. The Morgan fingerprint density at radius 2 is 2.11 bits per heavy atom. The third kappa shape index (κ3) is 4.39. The zero-order chi connectivity index (χ0) is 18.6. The molecule has 1 saturated carbocycles. The third-order valence-electron chi connectivity index (χ3n) is 4.90. The van der Waals surface area contributed by atoms with Gasteiger partial charge in [-0.05, 0) is 32.6 Å². The van der Waals surface area contributed by atoms with Crippen LogP contribution in [-0.2, 0) is 11.2 Å². The van der Waals surface area contributed by atoms with Gasteiger partial charge in [-0.25, -0.2) is 4.98 Å². The molecule has 3 aromatic rings. The first-order valence-electron chi connectivity index (χ1n) is 9.18. The highest BCUT2D eigenvalue weighted by Crippen LogP contribution is 2.29. The van der Waals surface area contributed by atoms with Crippen LogP contribution in [0, 0.1) is 6.92 Å². The first-order valence-corrected chi connectivity index (χ1v) is 10.1. The Morgan fingerprint density at radius 1 is 1.26 bits per heavy atom. The predicted molar refractivity (Wildman–Crippen MR) is 103 cm³/mol. The van der Waals surface area contributed by atoms with Crippen molar-refractivity contribution >= 4 is 17.2 Å². The van der Waals surface area contributed by atoms with Crippen LogP contribution in [0.5, 0.6) is 0 Å². The van der Waals surface area contributed by atoms with Crippen molar-refractivity contribution in [2.45, 2.75) is 51.1 Å². The second kappa shape index (κ2) is 7.96. The summed E-state index contributed by atoms with van der Waals surface area (Å²) in [6, 6.07) is 0.605. The summed E-state index contributed by atoms with van der Waals surface area (Å²) >= 11 is 1.58. The second-order valence-electron chi connectivity index (χ2n) is 6.91. The molecule has 0 atom stereocenters. The predicted octanol–water partition coefficient (Wildman–Crippen LogP) is 2.95. The fourth-order valence-corrected chi connectivity index (χ4v) is 4.15. The Morgan fingerprint density at radius 3 is 2.81 bits per heavy atom. The Balaban J connectivity index is 1.29. The van der Waals surface area contributed by atoms with E-state index in [1.807, 2.05) is 29.4 Å². The summed E-state index contributed by atoms with van der Waals surface area (Å²) in [5.41, 5.74) is 2.68. The van der Waals surface area contributed by atoms with Crippen LogP contribution in [0.3, 0.4) is 0 Å². The molecular weight excluding hydrogens is 360 g/mol. The van der Waals surface area contributed by atoms with Crippen molar-refractivity contribution < 1.29 is 4.79 Å². The Bertz CT molecular complexity index is 898. The summed E-state index contributed by atoms with van der Waals surface area (Å²) in [4.78, 5) is 25.0. The number of aryl methyl sites for hydroxylation is 1. The quantitative estimate of drug-likeness (QED) is 0.733. The molecule has 3 heterocycles. The Labute approximate surface area is 161 Å². The highest BCUT2D eigenvalue weighted by atomic mass is 32.1. The number of carbonyl (C=O) groups is 1. The van der Waals surface area contributed by atoms with E-state index in [0.29, 0.717) is 12.5 Å². The fraction of sp³-hybridized carbons (Fsp3) is 0.421. The topological polar surface area (TPSA) is 85.6 Å². The zero-order valence-electron chi connectivity index (χ0n) is 15.2. The van der Waals surface area contributed by atoms with Crippen LogP contribution in [-0.4, -0.2) is 36.7 Å². The fourth-order valence-electron chi connectivity index (χ4n) is 3.54. The van der Waals surface area contributed by atoms with Gasteiger partial charge in [0.25, 0.3) is 0 Å². The van der Waals surface area contributed by atoms with Crippen LogP contribution in [0.1, 0.15) is 42.4 Å². The SMILES string of the molecule is Cc1nc(CC(=O)NC2CCC(n3cc(-c4cnccn4)cn3)CC2)cs1. The van der Waals surface area contributed by atoms with Gasteiger partial charge in [-0.3, -0.25) is 19.4 Å². The van der Waals surface area contributed by atoms with Gasteiger partial charge in [0.05, 0.1) is 41.3 Å². The van der Waals surface area contributed by atoms with Crippen molar-refractivity contribution in [3.8, 4) is 11.3 Å². The van der Waals surface area contributed by atoms with Crippen LogP contribution >= 0.6 is 11.3 Å². The maximum Gasteiger partial charge on any atom is 0.226 e. The van der Waals surface area contributed by atoms with E-state index >= 15 is 0 Å². The first-order chi connectivity index (χ1) is 13.2. The van der Waals surface area contributed by atoms with Crippen molar-refractivity contribution in [1.29, 1.82) is 0 Å². The smallest absolute Gasteiger partial charge is 0.226 e. The molecule has 140 valence electrons. The third-order valence-corrected chi connectivity index (χ3v) is 5.73. The molecule has 1 aliphatic carbocycles. The summed E-state index contributed by atoms with van der Waals surface area (Å²) in [5.74, 6) is 0.0628. The molecule has 0 aliphatic heterocycles. The molecule has 1 fully saturated rings. The monoisotopic (exact) mass is 382 g/mol. The molecule has 27 heavy (non-hydrogen) atoms. The lowest BCUT2D eigenvalue weighted by Crippen LogP contribution is -2.38. The van der Waals surface area contributed by atoms with Crippen molar-refractivity contribution in [2.75, 3.05) is 0 Å². The normalized spacial score (nSPS) is 19.7. The van der Waals surface area contributed by atoms with E-state index in [1.54, 1.807) is 29.9 Å². The van der Waals surface area contributed by atoms with E-state index in [1.165, 1.54) is 0 Å². The number of aromatic nitrogens is 5. The number of thiazole rings is 1. The van der Waals surface area contributed by atoms with Gasteiger partial charge in [-0.15, -0.1) is 11.3 Å². The zero-order valence-corrected chi connectivity index (χ0v) is 16.0. The molecule has 0 aromatic carbocycles. The van der Waals surface area contributed by atoms with Gasteiger partial charge >= 0.3 is 0 Å². The lowest BCUT2D eigenvalue weighted by molar-refractivity contribution is -0.121. The highest BCUT2D eigenvalue weighted by Gasteiger charge is 2.24. The average molecular weight is 382 g/mol. The van der Waals surface area contributed by atoms with Crippen molar-refractivity contribution in [1.82, 2.24) is 30.0 Å². The molecule has 4 rings (SSSR count). The highest BCUT2D eigenvalue weighted by molar-refractivity contribution is 7.09. The molecule has 1 amide bonds. The molecule has 1 aliphatic rings. The van der Waals surface area contributed by atoms with E-state index < -0.39 is 0 Å².